The van der Waals surface area contributed by atoms with Crippen LogP contribution in [-0.4, -0.2) is 32.9 Å². The third-order valence-electron chi connectivity index (χ3n) is 4.57. The molecule has 148 valence electrons. The Balaban J connectivity index is 2.27. The average Bonchev–Trinajstić information content (AvgIpc) is 3.21. The molecule has 0 spiro atoms. The molecule has 0 saturated carbocycles. The number of rotatable bonds is 7. The minimum Gasteiger partial charge on any atom is -0.492 e. The number of carbonyl (C=O) groups is 1. The summed E-state index contributed by atoms with van der Waals surface area (Å²) in [6, 6.07) is 7.41. The van der Waals surface area contributed by atoms with Crippen molar-refractivity contribution in [2.45, 2.75) is 26.8 Å². The van der Waals surface area contributed by atoms with Crippen molar-refractivity contribution in [2.24, 2.45) is 4.99 Å². The topological polar surface area (TPSA) is 59.9 Å². The lowest BCUT2D eigenvalue weighted by atomic mass is 10.00. The van der Waals surface area contributed by atoms with Gasteiger partial charge in [-0.1, -0.05) is 30.9 Å². The standard InChI is InChI=1S/C23H28N2O3/c1-6-18(15-24-4)20(7-2)22-21(11-12-28-22)16(3)25-14-17-9-8-10-19(13-17)23(26)27-5/h6-10,13,15,25H,2,11-12,14H2,1,3-5H3/b18-6+,21-16+,22-20?,24-15-. The Morgan fingerprint density at radius 2 is 2.21 bits per heavy atom. The summed E-state index contributed by atoms with van der Waals surface area (Å²) in [7, 11) is 3.13. The maximum absolute atomic E-state index is 11.7. The molecule has 1 aromatic carbocycles. The molecular weight excluding hydrogens is 352 g/mol. The van der Waals surface area contributed by atoms with Crippen LogP contribution in [-0.2, 0) is 16.0 Å². The summed E-state index contributed by atoms with van der Waals surface area (Å²) in [5.41, 5.74) is 5.63. The molecule has 0 amide bonds. The first kappa shape index (κ1) is 21.2. The molecule has 0 aromatic heterocycles. The Bertz CT molecular complexity index is 860. The molecule has 5 heteroatoms. The van der Waals surface area contributed by atoms with Crippen LogP contribution in [0.4, 0.5) is 0 Å². The summed E-state index contributed by atoms with van der Waals surface area (Å²) in [5, 5.41) is 3.45. The van der Waals surface area contributed by atoms with E-state index < -0.39 is 0 Å². The first-order valence-corrected chi connectivity index (χ1v) is 9.25. The minimum absolute atomic E-state index is 0.335. The van der Waals surface area contributed by atoms with E-state index in [-0.39, 0.29) is 5.97 Å². The number of carbonyl (C=O) groups excluding carboxylic acids is 1. The number of methoxy groups -OCH3 is 1. The Morgan fingerprint density at radius 3 is 2.86 bits per heavy atom. The maximum Gasteiger partial charge on any atom is 0.337 e. The van der Waals surface area contributed by atoms with Crippen molar-refractivity contribution in [3.05, 3.63) is 82.3 Å². The molecule has 28 heavy (non-hydrogen) atoms. The summed E-state index contributed by atoms with van der Waals surface area (Å²) >= 11 is 0. The van der Waals surface area contributed by atoms with Crippen LogP contribution in [0.15, 0.2) is 76.2 Å². The number of nitrogens with one attached hydrogen (secondary N) is 1. The van der Waals surface area contributed by atoms with E-state index in [4.69, 9.17) is 9.47 Å². The van der Waals surface area contributed by atoms with E-state index in [2.05, 4.69) is 16.9 Å². The third-order valence-corrected chi connectivity index (χ3v) is 4.57. The number of nitrogens with zero attached hydrogens (tertiary/aromatic N) is 1. The highest BCUT2D eigenvalue weighted by Crippen LogP contribution is 2.32. The molecule has 2 rings (SSSR count). The fourth-order valence-electron chi connectivity index (χ4n) is 3.10. The predicted molar refractivity (Wildman–Crippen MR) is 113 cm³/mol. The van der Waals surface area contributed by atoms with Crippen LogP contribution in [0, 0.1) is 0 Å². The quantitative estimate of drug-likeness (QED) is 0.564. The SMILES string of the molecule is C=CC(=C1OCC/C1=C(/C)NCc1cccc(C(=O)OC)c1)C(/C=N\C)=C/C. The molecule has 0 aliphatic carbocycles. The molecule has 0 radical (unpaired) electrons. The Hall–Kier alpha value is -3.08. The number of aliphatic imine (C=N–C) groups is 1. The molecule has 1 aromatic rings. The summed E-state index contributed by atoms with van der Waals surface area (Å²) in [4.78, 5) is 15.8. The van der Waals surface area contributed by atoms with E-state index in [0.717, 1.165) is 40.2 Å². The first-order valence-electron chi connectivity index (χ1n) is 9.25. The highest BCUT2D eigenvalue weighted by atomic mass is 16.5. The summed E-state index contributed by atoms with van der Waals surface area (Å²) < 4.78 is 10.7. The van der Waals surface area contributed by atoms with E-state index in [1.807, 2.05) is 50.4 Å². The lowest BCUT2D eigenvalue weighted by Gasteiger charge is -2.14. The smallest absolute Gasteiger partial charge is 0.337 e. The van der Waals surface area contributed by atoms with Gasteiger partial charge >= 0.3 is 5.97 Å². The van der Waals surface area contributed by atoms with Gasteiger partial charge in [0.05, 0.1) is 19.3 Å². The summed E-state index contributed by atoms with van der Waals surface area (Å²) in [6.07, 6.45) is 6.44. The van der Waals surface area contributed by atoms with Crippen LogP contribution in [0.5, 0.6) is 0 Å². The molecule has 5 nitrogen and oxygen atoms in total. The third kappa shape index (κ3) is 5.00. The second-order valence-electron chi connectivity index (χ2n) is 6.33. The van der Waals surface area contributed by atoms with E-state index in [0.29, 0.717) is 18.7 Å². The monoisotopic (exact) mass is 380 g/mol. The van der Waals surface area contributed by atoms with Crippen LogP contribution >= 0.6 is 0 Å². The Morgan fingerprint density at radius 1 is 1.43 bits per heavy atom. The van der Waals surface area contributed by atoms with Gasteiger partial charge in [-0.05, 0) is 37.1 Å². The highest BCUT2D eigenvalue weighted by molar-refractivity contribution is 5.89. The van der Waals surface area contributed by atoms with E-state index in [1.165, 1.54) is 7.11 Å². The highest BCUT2D eigenvalue weighted by Gasteiger charge is 2.22. The van der Waals surface area contributed by atoms with Crippen molar-refractivity contribution >= 4 is 12.2 Å². The van der Waals surface area contributed by atoms with Crippen molar-refractivity contribution in [2.75, 3.05) is 20.8 Å². The molecule has 0 unspecified atom stereocenters. The van der Waals surface area contributed by atoms with E-state index in [9.17, 15) is 4.79 Å². The average molecular weight is 380 g/mol. The summed E-state index contributed by atoms with van der Waals surface area (Å²) in [5.74, 6) is 0.509. The zero-order chi connectivity index (χ0) is 20.5. The Labute approximate surface area is 167 Å². The van der Waals surface area contributed by atoms with E-state index >= 15 is 0 Å². The van der Waals surface area contributed by atoms with Crippen molar-refractivity contribution in [3.8, 4) is 0 Å². The lowest BCUT2D eigenvalue weighted by Crippen LogP contribution is -2.14. The normalized spacial score (nSPS) is 17.9. The molecule has 0 bridgehead atoms. The predicted octanol–water partition coefficient (Wildman–Crippen LogP) is 4.34. The largest absolute Gasteiger partial charge is 0.492 e. The molecule has 1 fully saturated rings. The zero-order valence-corrected chi connectivity index (χ0v) is 17.0. The van der Waals surface area contributed by atoms with Gasteiger partial charge in [-0.3, -0.25) is 4.99 Å². The molecule has 0 atom stereocenters. The van der Waals surface area contributed by atoms with Crippen molar-refractivity contribution < 1.29 is 14.3 Å². The van der Waals surface area contributed by atoms with Crippen molar-refractivity contribution in [1.82, 2.24) is 5.32 Å². The van der Waals surface area contributed by atoms with Gasteiger partial charge in [0.2, 0.25) is 0 Å². The van der Waals surface area contributed by atoms with Crippen LogP contribution in [0.25, 0.3) is 0 Å². The number of esters is 1. The lowest BCUT2D eigenvalue weighted by molar-refractivity contribution is 0.0600. The minimum atomic E-state index is -0.335. The van der Waals surface area contributed by atoms with Gasteiger partial charge < -0.3 is 14.8 Å². The van der Waals surface area contributed by atoms with Crippen LogP contribution in [0.1, 0.15) is 36.2 Å². The first-order chi connectivity index (χ1) is 13.5. The molecular formula is C23H28N2O3. The zero-order valence-electron chi connectivity index (χ0n) is 17.0. The second kappa shape index (κ2) is 10.3. The van der Waals surface area contributed by atoms with Gasteiger partial charge in [0, 0.05) is 43.1 Å². The van der Waals surface area contributed by atoms with Crippen LogP contribution in [0.3, 0.4) is 0 Å². The molecule has 1 N–H and O–H groups in total. The number of allylic oxidation sites excluding steroid dienone is 6. The number of hydrogen-bond donors (Lipinski definition) is 1. The second-order valence-corrected chi connectivity index (χ2v) is 6.33. The molecule has 1 saturated heterocycles. The number of benzene rings is 1. The maximum atomic E-state index is 11.7. The molecule has 1 aliphatic heterocycles. The van der Waals surface area contributed by atoms with Crippen molar-refractivity contribution in [1.29, 1.82) is 0 Å². The van der Waals surface area contributed by atoms with Gasteiger partial charge in [-0.2, -0.15) is 0 Å². The van der Waals surface area contributed by atoms with Gasteiger partial charge in [-0.15, -0.1) is 0 Å². The van der Waals surface area contributed by atoms with Gasteiger partial charge in [-0.25, -0.2) is 4.79 Å². The van der Waals surface area contributed by atoms with Crippen molar-refractivity contribution in [3.63, 3.8) is 0 Å². The van der Waals surface area contributed by atoms with Gasteiger partial charge in [0.25, 0.3) is 0 Å². The Kier molecular flexibility index (Phi) is 7.81. The summed E-state index contributed by atoms with van der Waals surface area (Å²) in [6.45, 7) is 9.20. The fraction of sp³-hybridized carbons (Fsp3) is 0.304. The van der Waals surface area contributed by atoms with Crippen LogP contribution in [0.2, 0.25) is 0 Å². The fourth-order valence-corrected chi connectivity index (χ4v) is 3.10. The number of hydrogen-bond acceptors (Lipinski definition) is 5. The van der Waals surface area contributed by atoms with E-state index in [1.54, 1.807) is 13.1 Å². The van der Waals surface area contributed by atoms with Gasteiger partial charge in [0.15, 0.2) is 0 Å². The van der Waals surface area contributed by atoms with Gasteiger partial charge in [0.1, 0.15) is 5.76 Å². The molecule has 1 aliphatic rings. The number of ether oxygens (including phenoxy) is 2. The van der Waals surface area contributed by atoms with Crippen LogP contribution < -0.4 is 5.32 Å². The molecule has 1 heterocycles.